The number of hydrogen-bond acceptors (Lipinski definition) is 4. The molecule has 0 bridgehead atoms. The van der Waals surface area contributed by atoms with Crippen molar-refractivity contribution in [2.75, 3.05) is 52.4 Å². The lowest BCUT2D eigenvalue weighted by Crippen LogP contribution is -2.41. The van der Waals surface area contributed by atoms with Gasteiger partial charge in [-0.2, -0.15) is 0 Å². The van der Waals surface area contributed by atoms with E-state index in [1.165, 1.54) is 0 Å². The van der Waals surface area contributed by atoms with E-state index in [1.54, 1.807) is 14.2 Å². The SMILES string of the molecule is CN=C(NCCCOCCOC)NCC1CC(=O)Nc2ccccc21.I. The van der Waals surface area contributed by atoms with Crippen LogP contribution in [0.3, 0.4) is 0 Å². The third kappa shape index (κ3) is 7.46. The van der Waals surface area contributed by atoms with Crippen LogP contribution in [0, 0.1) is 0 Å². The lowest BCUT2D eigenvalue weighted by atomic mass is 9.90. The highest BCUT2D eigenvalue weighted by atomic mass is 127. The minimum absolute atomic E-state index is 0. The van der Waals surface area contributed by atoms with E-state index >= 15 is 0 Å². The van der Waals surface area contributed by atoms with Gasteiger partial charge in [0.2, 0.25) is 5.91 Å². The molecule has 1 aromatic rings. The number of fused-ring (bicyclic) bond motifs is 1. The van der Waals surface area contributed by atoms with Crippen LogP contribution in [0.4, 0.5) is 5.69 Å². The Hall–Kier alpha value is -1.39. The molecule has 0 aromatic heterocycles. The predicted octanol–water partition coefficient (Wildman–Crippen LogP) is 1.95. The molecule has 0 saturated heterocycles. The molecular formula is C18H29IN4O3. The van der Waals surface area contributed by atoms with E-state index in [2.05, 4.69) is 27.0 Å². The number of aliphatic imine (C=N–C) groups is 1. The van der Waals surface area contributed by atoms with E-state index in [9.17, 15) is 4.79 Å². The van der Waals surface area contributed by atoms with Gasteiger partial charge in [0.25, 0.3) is 0 Å². The number of nitrogens with one attached hydrogen (secondary N) is 3. The largest absolute Gasteiger partial charge is 0.382 e. The Bertz CT molecular complexity index is 583. The Kier molecular flexibility index (Phi) is 11.2. The van der Waals surface area contributed by atoms with E-state index < -0.39 is 0 Å². The van der Waals surface area contributed by atoms with Crippen molar-refractivity contribution in [2.45, 2.75) is 18.8 Å². The molecule has 0 spiro atoms. The summed E-state index contributed by atoms with van der Waals surface area (Å²) in [5.41, 5.74) is 2.07. The molecule has 1 atom stereocenters. The number of para-hydroxylation sites is 1. The summed E-state index contributed by atoms with van der Waals surface area (Å²) in [5, 5.41) is 9.49. The molecule has 7 nitrogen and oxygen atoms in total. The molecule has 1 unspecified atom stereocenters. The molecule has 0 radical (unpaired) electrons. The zero-order valence-corrected chi connectivity index (χ0v) is 17.7. The number of methoxy groups -OCH3 is 1. The number of guanidine groups is 1. The van der Waals surface area contributed by atoms with Gasteiger partial charge >= 0.3 is 0 Å². The van der Waals surface area contributed by atoms with Crippen LogP contribution < -0.4 is 16.0 Å². The normalized spacial score (nSPS) is 16.3. The molecule has 2 rings (SSSR count). The van der Waals surface area contributed by atoms with Crippen molar-refractivity contribution in [3.05, 3.63) is 29.8 Å². The van der Waals surface area contributed by atoms with E-state index in [4.69, 9.17) is 9.47 Å². The van der Waals surface area contributed by atoms with Crippen molar-refractivity contribution in [3.8, 4) is 0 Å². The van der Waals surface area contributed by atoms with Gasteiger partial charge in [-0.25, -0.2) is 0 Å². The summed E-state index contributed by atoms with van der Waals surface area (Å²) in [6.45, 7) is 3.35. The van der Waals surface area contributed by atoms with Crippen LogP contribution in [-0.2, 0) is 14.3 Å². The second-order valence-electron chi connectivity index (χ2n) is 5.88. The number of ether oxygens (including phenoxy) is 2. The number of carbonyl (C=O) groups excluding carboxylic acids is 1. The van der Waals surface area contributed by atoms with E-state index in [0.717, 1.165) is 30.2 Å². The molecule has 146 valence electrons. The first kappa shape index (κ1) is 22.7. The summed E-state index contributed by atoms with van der Waals surface area (Å²) in [6, 6.07) is 7.94. The molecular weight excluding hydrogens is 447 g/mol. The topological polar surface area (TPSA) is 84.0 Å². The number of amides is 1. The maximum atomic E-state index is 11.9. The third-order valence-corrected chi connectivity index (χ3v) is 4.04. The minimum atomic E-state index is 0. The Morgan fingerprint density at radius 3 is 2.85 bits per heavy atom. The van der Waals surface area contributed by atoms with E-state index in [-0.39, 0.29) is 35.8 Å². The van der Waals surface area contributed by atoms with Crippen LogP contribution in [0.1, 0.15) is 24.3 Å². The van der Waals surface area contributed by atoms with Gasteiger partial charge in [0.1, 0.15) is 0 Å². The number of carbonyl (C=O) groups is 1. The number of hydrogen-bond donors (Lipinski definition) is 3. The maximum absolute atomic E-state index is 11.9. The number of nitrogens with zero attached hydrogens (tertiary/aromatic N) is 1. The molecule has 1 heterocycles. The number of anilines is 1. The first-order valence-electron chi connectivity index (χ1n) is 8.64. The van der Waals surface area contributed by atoms with Gasteiger partial charge in [-0.3, -0.25) is 9.79 Å². The first-order valence-corrected chi connectivity index (χ1v) is 8.64. The van der Waals surface area contributed by atoms with Crippen molar-refractivity contribution < 1.29 is 14.3 Å². The summed E-state index contributed by atoms with van der Waals surface area (Å²) in [4.78, 5) is 16.1. The highest BCUT2D eigenvalue weighted by Gasteiger charge is 2.24. The smallest absolute Gasteiger partial charge is 0.225 e. The van der Waals surface area contributed by atoms with Crippen LogP contribution in [-0.4, -0.2) is 58.9 Å². The monoisotopic (exact) mass is 476 g/mol. The van der Waals surface area contributed by atoms with Crippen molar-refractivity contribution in [2.24, 2.45) is 4.99 Å². The fourth-order valence-electron chi connectivity index (χ4n) is 2.75. The van der Waals surface area contributed by atoms with Crippen LogP contribution in [0.2, 0.25) is 0 Å². The van der Waals surface area contributed by atoms with Gasteiger partial charge in [0, 0.05) is 51.9 Å². The number of benzene rings is 1. The van der Waals surface area contributed by atoms with Crippen molar-refractivity contribution in [1.82, 2.24) is 10.6 Å². The summed E-state index contributed by atoms with van der Waals surface area (Å²) in [5.74, 6) is 0.933. The zero-order chi connectivity index (χ0) is 17.9. The molecule has 8 heteroatoms. The fraction of sp³-hybridized carbons (Fsp3) is 0.556. The number of halogens is 1. The van der Waals surface area contributed by atoms with Gasteiger partial charge in [-0.15, -0.1) is 24.0 Å². The van der Waals surface area contributed by atoms with Gasteiger partial charge in [0.15, 0.2) is 5.96 Å². The molecule has 26 heavy (non-hydrogen) atoms. The average Bonchev–Trinajstić information content (AvgIpc) is 2.63. The maximum Gasteiger partial charge on any atom is 0.225 e. The van der Waals surface area contributed by atoms with Gasteiger partial charge in [0.05, 0.1) is 13.2 Å². The fourth-order valence-corrected chi connectivity index (χ4v) is 2.75. The summed E-state index contributed by atoms with van der Waals surface area (Å²) in [7, 11) is 3.40. The van der Waals surface area contributed by atoms with Crippen LogP contribution in [0.5, 0.6) is 0 Å². The van der Waals surface area contributed by atoms with Crippen LogP contribution >= 0.6 is 24.0 Å². The van der Waals surface area contributed by atoms with Gasteiger partial charge in [-0.1, -0.05) is 18.2 Å². The predicted molar refractivity (Wildman–Crippen MR) is 115 cm³/mol. The first-order chi connectivity index (χ1) is 12.2. The van der Waals surface area contributed by atoms with Crippen LogP contribution in [0.15, 0.2) is 29.3 Å². The molecule has 0 fully saturated rings. The lowest BCUT2D eigenvalue weighted by Gasteiger charge is -2.26. The Morgan fingerprint density at radius 1 is 1.27 bits per heavy atom. The lowest BCUT2D eigenvalue weighted by molar-refractivity contribution is -0.116. The summed E-state index contributed by atoms with van der Waals surface area (Å²) >= 11 is 0. The molecule has 0 saturated carbocycles. The Balaban J connectivity index is 0.00000338. The highest BCUT2D eigenvalue weighted by molar-refractivity contribution is 14.0. The minimum Gasteiger partial charge on any atom is -0.382 e. The standard InChI is InChI=1S/C18H28N4O3.HI/c1-19-18(20-8-5-9-25-11-10-24-2)21-13-14-12-17(23)22-16-7-4-3-6-15(14)16;/h3-4,6-7,14H,5,8-13H2,1-2H3,(H,22,23)(H2,19,20,21);1H. The summed E-state index contributed by atoms with van der Waals surface area (Å²) in [6.07, 6.45) is 1.37. The average molecular weight is 476 g/mol. The van der Waals surface area contributed by atoms with Crippen molar-refractivity contribution in [1.29, 1.82) is 0 Å². The second kappa shape index (κ2) is 12.9. The molecule has 1 amide bonds. The molecule has 3 N–H and O–H groups in total. The highest BCUT2D eigenvalue weighted by Crippen LogP contribution is 2.31. The zero-order valence-electron chi connectivity index (χ0n) is 15.4. The van der Waals surface area contributed by atoms with E-state index in [0.29, 0.717) is 32.8 Å². The Morgan fingerprint density at radius 2 is 2.08 bits per heavy atom. The second-order valence-corrected chi connectivity index (χ2v) is 5.88. The number of rotatable bonds is 9. The Labute approximate surface area is 172 Å². The van der Waals surface area contributed by atoms with Gasteiger partial charge in [-0.05, 0) is 18.1 Å². The van der Waals surface area contributed by atoms with Crippen molar-refractivity contribution >= 4 is 41.5 Å². The molecule has 1 aromatic carbocycles. The van der Waals surface area contributed by atoms with Crippen molar-refractivity contribution in [3.63, 3.8) is 0 Å². The quantitative estimate of drug-likeness (QED) is 0.220. The molecule has 1 aliphatic rings. The molecule has 0 aliphatic carbocycles. The molecule has 1 aliphatic heterocycles. The van der Waals surface area contributed by atoms with Crippen LogP contribution in [0.25, 0.3) is 0 Å². The third-order valence-electron chi connectivity index (χ3n) is 4.04. The van der Waals surface area contributed by atoms with E-state index in [1.807, 2.05) is 18.2 Å². The summed E-state index contributed by atoms with van der Waals surface area (Å²) < 4.78 is 10.4. The van der Waals surface area contributed by atoms with Gasteiger partial charge < -0.3 is 25.4 Å².